The summed E-state index contributed by atoms with van der Waals surface area (Å²) in [4.78, 5) is 41.9. The number of hydrogen-bond acceptors (Lipinski definition) is 5. The Morgan fingerprint density at radius 1 is 1.14 bits per heavy atom. The van der Waals surface area contributed by atoms with Gasteiger partial charge in [0.05, 0.1) is 17.7 Å². The number of methoxy groups -OCH3 is 1. The van der Waals surface area contributed by atoms with Gasteiger partial charge in [0.2, 0.25) is 5.91 Å². The van der Waals surface area contributed by atoms with Crippen LogP contribution in [0.15, 0.2) is 42.5 Å². The zero-order valence-electron chi connectivity index (χ0n) is 21.4. The van der Waals surface area contributed by atoms with Crippen molar-refractivity contribution in [2.45, 2.75) is 39.3 Å². The van der Waals surface area contributed by atoms with Gasteiger partial charge in [0.25, 0.3) is 11.8 Å². The molecule has 1 N–H and O–H groups in total. The number of likely N-dealkylation sites (N-methyl/N-ethyl adjacent to an activating group) is 1. The fourth-order valence-corrected chi connectivity index (χ4v) is 4.14. The molecule has 9 heteroatoms. The molecule has 0 radical (unpaired) electrons. The van der Waals surface area contributed by atoms with E-state index in [1.54, 1.807) is 49.1 Å². The number of amides is 3. The second-order valence-corrected chi connectivity index (χ2v) is 9.17. The zero-order chi connectivity index (χ0) is 26.4. The van der Waals surface area contributed by atoms with Gasteiger partial charge in [-0.05, 0) is 49.4 Å². The summed E-state index contributed by atoms with van der Waals surface area (Å²) in [7, 11) is 3.26. The lowest BCUT2D eigenvalue weighted by atomic mass is 10.0. The maximum absolute atomic E-state index is 13.4. The molecule has 8 nitrogen and oxygen atoms in total. The lowest BCUT2D eigenvalue weighted by Gasteiger charge is -2.36. The van der Waals surface area contributed by atoms with Crippen molar-refractivity contribution in [3.63, 3.8) is 0 Å². The highest BCUT2D eigenvalue weighted by atomic mass is 19.1. The quantitative estimate of drug-likeness (QED) is 0.691. The number of nitrogens with one attached hydrogen (secondary N) is 1. The van der Waals surface area contributed by atoms with Gasteiger partial charge in [-0.25, -0.2) is 4.39 Å². The van der Waals surface area contributed by atoms with Crippen LogP contribution in [0, 0.1) is 11.7 Å². The van der Waals surface area contributed by atoms with Crippen molar-refractivity contribution in [1.82, 2.24) is 9.80 Å². The Morgan fingerprint density at radius 3 is 2.47 bits per heavy atom. The van der Waals surface area contributed by atoms with Crippen LogP contribution >= 0.6 is 0 Å². The molecule has 1 heterocycles. The predicted molar refractivity (Wildman–Crippen MR) is 135 cm³/mol. The van der Waals surface area contributed by atoms with Gasteiger partial charge in [-0.1, -0.05) is 13.8 Å². The van der Waals surface area contributed by atoms with Crippen LogP contribution in [-0.2, 0) is 9.53 Å². The molecule has 0 unspecified atom stereocenters. The van der Waals surface area contributed by atoms with Crippen LogP contribution in [0.4, 0.5) is 10.1 Å². The second-order valence-electron chi connectivity index (χ2n) is 9.17. The standard InChI is InChI=1S/C27H34FN3O5/c1-6-25(32)29-21-11-12-23-22(13-21)27(34)30(4)15-24(35-5)17(2)14-31(18(3)16-36-23)26(33)19-7-9-20(28)10-8-19/h7-13,17-18,24H,6,14-16H2,1-5H3,(H,29,32)/t17-,18+,24+/m0/s1. The van der Waals surface area contributed by atoms with E-state index in [0.717, 1.165) is 0 Å². The molecule has 194 valence electrons. The van der Waals surface area contributed by atoms with Gasteiger partial charge in [-0.15, -0.1) is 0 Å². The Morgan fingerprint density at radius 2 is 1.83 bits per heavy atom. The van der Waals surface area contributed by atoms with Crippen LogP contribution in [0.25, 0.3) is 0 Å². The van der Waals surface area contributed by atoms with Crippen molar-refractivity contribution >= 4 is 23.4 Å². The van der Waals surface area contributed by atoms with Crippen molar-refractivity contribution in [1.29, 1.82) is 0 Å². The number of carbonyl (C=O) groups is 3. The molecule has 1 aliphatic rings. The molecule has 2 aromatic carbocycles. The van der Waals surface area contributed by atoms with Crippen LogP contribution in [0.1, 0.15) is 47.9 Å². The highest BCUT2D eigenvalue weighted by molar-refractivity contribution is 5.99. The van der Waals surface area contributed by atoms with Crippen molar-refractivity contribution in [3.8, 4) is 5.75 Å². The van der Waals surface area contributed by atoms with Crippen LogP contribution in [-0.4, -0.2) is 73.5 Å². The summed E-state index contributed by atoms with van der Waals surface area (Å²) in [5.74, 6) is -0.854. The Bertz CT molecular complexity index is 1090. The second kappa shape index (κ2) is 12.0. The molecule has 0 spiro atoms. The Kier molecular flexibility index (Phi) is 9.03. The first kappa shape index (κ1) is 27.1. The third-order valence-electron chi connectivity index (χ3n) is 6.40. The molecule has 0 aliphatic carbocycles. The summed E-state index contributed by atoms with van der Waals surface area (Å²) in [6.07, 6.45) is -0.0361. The number of benzene rings is 2. The molecule has 0 fully saturated rings. The van der Waals surface area contributed by atoms with Crippen LogP contribution < -0.4 is 10.1 Å². The summed E-state index contributed by atoms with van der Waals surface area (Å²) in [6.45, 7) is 6.35. The van der Waals surface area contributed by atoms with Crippen LogP contribution in [0.3, 0.4) is 0 Å². The van der Waals surface area contributed by atoms with Gasteiger partial charge in [-0.2, -0.15) is 0 Å². The predicted octanol–water partition coefficient (Wildman–Crippen LogP) is 3.82. The molecule has 0 saturated carbocycles. The van der Waals surface area contributed by atoms with E-state index in [9.17, 15) is 18.8 Å². The van der Waals surface area contributed by atoms with Gasteiger partial charge in [0.15, 0.2) is 0 Å². The molecule has 1 aliphatic heterocycles. The van der Waals surface area contributed by atoms with Gasteiger partial charge >= 0.3 is 0 Å². The van der Waals surface area contributed by atoms with E-state index in [2.05, 4.69) is 5.32 Å². The lowest BCUT2D eigenvalue weighted by molar-refractivity contribution is -0.115. The smallest absolute Gasteiger partial charge is 0.257 e. The fraction of sp³-hybridized carbons (Fsp3) is 0.444. The van der Waals surface area contributed by atoms with E-state index in [1.807, 2.05) is 13.8 Å². The summed E-state index contributed by atoms with van der Waals surface area (Å²) in [5, 5.41) is 2.77. The molecular formula is C27H34FN3O5. The highest BCUT2D eigenvalue weighted by Gasteiger charge is 2.31. The number of fused-ring (bicyclic) bond motifs is 1. The van der Waals surface area contributed by atoms with E-state index in [-0.39, 0.29) is 48.9 Å². The molecule has 36 heavy (non-hydrogen) atoms. The highest BCUT2D eigenvalue weighted by Crippen LogP contribution is 2.27. The van der Waals surface area contributed by atoms with E-state index >= 15 is 0 Å². The fourth-order valence-electron chi connectivity index (χ4n) is 4.14. The van der Waals surface area contributed by atoms with Crippen molar-refractivity contribution in [3.05, 3.63) is 59.4 Å². The molecule has 2 aromatic rings. The van der Waals surface area contributed by atoms with Crippen LogP contribution in [0.5, 0.6) is 5.75 Å². The Balaban J connectivity index is 1.98. The molecule has 0 aromatic heterocycles. The average molecular weight is 500 g/mol. The number of ether oxygens (including phenoxy) is 2. The SMILES string of the molecule is CCC(=O)Nc1ccc2c(c1)C(=O)N(C)C[C@@H](OC)[C@@H](C)CN(C(=O)c1ccc(F)cc1)[C@H](C)CO2. The lowest BCUT2D eigenvalue weighted by Crippen LogP contribution is -2.48. The molecule has 0 bridgehead atoms. The van der Waals surface area contributed by atoms with Crippen molar-refractivity contribution in [2.75, 3.05) is 39.2 Å². The summed E-state index contributed by atoms with van der Waals surface area (Å²) < 4.78 is 25.2. The van der Waals surface area contributed by atoms with Crippen molar-refractivity contribution in [2.24, 2.45) is 5.92 Å². The number of carbonyl (C=O) groups excluding carboxylic acids is 3. The molecule has 3 amide bonds. The number of hydrogen-bond donors (Lipinski definition) is 1. The maximum Gasteiger partial charge on any atom is 0.257 e. The first-order valence-electron chi connectivity index (χ1n) is 12.1. The number of anilines is 1. The summed E-state index contributed by atoms with van der Waals surface area (Å²) in [6, 6.07) is 10.0. The number of rotatable bonds is 4. The minimum Gasteiger partial charge on any atom is -0.491 e. The average Bonchev–Trinajstić information content (AvgIpc) is 2.87. The Labute approximate surface area is 211 Å². The van der Waals surface area contributed by atoms with E-state index < -0.39 is 5.82 Å². The first-order valence-corrected chi connectivity index (χ1v) is 12.1. The largest absolute Gasteiger partial charge is 0.491 e. The minimum absolute atomic E-state index is 0.119. The molecule has 3 atom stereocenters. The third-order valence-corrected chi connectivity index (χ3v) is 6.40. The van der Waals surface area contributed by atoms with Gasteiger partial charge in [0, 0.05) is 50.8 Å². The topological polar surface area (TPSA) is 88.2 Å². The molecule has 0 saturated heterocycles. The third kappa shape index (κ3) is 6.40. The van der Waals surface area contributed by atoms with Crippen molar-refractivity contribution < 1.29 is 28.2 Å². The van der Waals surface area contributed by atoms with Gasteiger partial charge in [-0.3, -0.25) is 14.4 Å². The monoisotopic (exact) mass is 499 g/mol. The van der Waals surface area contributed by atoms with Gasteiger partial charge < -0.3 is 24.6 Å². The number of nitrogens with zero attached hydrogens (tertiary/aromatic N) is 2. The number of halogens is 1. The molecular weight excluding hydrogens is 465 g/mol. The van der Waals surface area contributed by atoms with E-state index in [4.69, 9.17) is 9.47 Å². The van der Waals surface area contributed by atoms with Crippen LogP contribution in [0.2, 0.25) is 0 Å². The Hall–Kier alpha value is -3.46. The first-order chi connectivity index (χ1) is 17.1. The molecule has 3 rings (SSSR count). The zero-order valence-corrected chi connectivity index (χ0v) is 21.4. The summed E-state index contributed by atoms with van der Waals surface area (Å²) >= 11 is 0. The maximum atomic E-state index is 13.4. The van der Waals surface area contributed by atoms with E-state index in [1.165, 1.54) is 24.3 Å². The van der Waals surface area contributed by atoms with E-state index in [0.29, 0.717) is 35.5 Å². The summed E-state index contributed by atoms with van der Waals surface area (Å²) in [5.41, 5.74) is 1.18. The normalized spacial score (nSPS) is 21.1. The minimum atomic E-state index is -0.414. The van der Waals surface area contributed by atoms with Gasteiger partial charge in [0.1, 0.15) is 18.2 Å².